The van der Waals surface area contributed by atoms with Crippen LogP contribution in [0.3, 0.4) is 0 Å². The Labute approximate surface area is 126 Å². The third-order valence-corrected chi connectivity index (χ3v) is 4.07. The van der Waals surface area contributed by atoms with Crippen LogP contribution in [-0.4, -0.2) is 15.5 Å². The number of aromatic nitrogens is 2. The van der Waals surface area contributed by atoms with Crippen LogP contribution in [0.1, 0.15) is 41.0 Å². The second kappa shape index (κ2) is 6.12. The summed E-state index contributed by atoms with van der Waals surface area (Å²) in [6.07, 6.45) is 1.71. The highest BCUT2D eigenvalue weighted by Crippen LogP contribution is 2.16. The first-order valence-corrected chi connectivity index (χ1v) is 7.23. The van der Waals surface area contributed by atoms with Crippen molar-refractivity contribution in [3.63, 3.8) is 0 Å². The predicted molar refractivity (Wildman–Crippen MR) is 84.2 cm³/mol. The van der Waals surface area contributed by atoms with Gasteiger partial charge in [-0.1, -0.05) is 18.2 Å². The van der Waals surface area contributed by atoms with Crippen molar-refractivity contribution in [3.05, 3.63) is 52.6 Å². The maximum Gasteiger partial charge on any atom is 0.240 e. The highest BCUT2D eigenvalue weighted by atomic mass is 16.2. The highest BCUT2D eigenvalue weighted by Gasteiger charge is 2.12. The molecule has 0 aliphatic heterocycles. The fourth-order valence-electron chi connectivity index (χ4n) is 2.26. The molecular weight excluding hydrogens is 262 g/mol. The van der Waals surface area contributed by atoms with Crippen molar-refractivity contribution >= 4 is 5.91 Å². The number of amides is 1. The van der Waals surface area contributed by atoms with E-state index in [0.717, 1.165) is 17.0 Å². The summed E-state index contributed by atoms with van der Waals surface area (Å²) in [6, 6.07) is 6.30. The van der Waals surface area contributed by atoms with Crippen LogP contribution in [0, 0.1) is 27.7 Å². The van der Waals surface area contributed by atoms with Crippen LogP contribution in [0.5, 0.6) is 0 Å². The minimum Gasteiger partial charge on any atom is -0.348 e. The largest absolute Gasteiger partial charge is 0.348 e. The summed E-state index contributed by atoms with van der Waals surface area (Å²) in [5.41, 5.74) is 5.63. The Bertz CT molecular complexity index is 658. The number of nitrogens with one attached hydrogen (secondary N) is 1. The molecule has 1 amide bonds. The van der Waals surface area contributed by atoms with E-state index in [1.165, 1.54) is 11.1 Å². The lowest BCUT2D eigenvalue weighted by Gasteiger charge is -2.16. The average Bonchev–Trinajstić information content (AvgIpc) is 2.73. The number of carbonyl (C=O) groups excluding carboxylic acids is 1. The van der Waals surface area contributed by atoms with Crippen LogP contribution in [0.2, 0.25) is 0 Å². The van der Waals surface area contributed by atoms with Crippen molar-refractivity contribution in [2.45, 2.75) is 47.2 Å². The summed E-state index contributed by atoms with van der Waals surface area (Å²) < 4.78 is 1.87. The van der Waals surface area contributed by atoms with Gasteiger partial charge in [-0.15, -0.1) is 0 Å². The van der Waals surface area contributed by atoms with Crippen molar-refractivity contribution in [2.24, 2.45) is 0 Å². The van der Waals surface area contributed by atoms with Crippen LogP contribution in [-0.2, 0) is 11.3 Å². The van der Waals surface area contributed by atoms with Gasteiger partial charge in [0, 0.05) is 5.69 Å². The standard InChI is InChI=1S/C17H23N3O/c1-11-6-7-16(8-12(11)2)14(4)19-17(21)9-20-10-18-13(3)15(20)5/h6-8,10,14H,9H2,1-5H3,(H,19,21). The van der Waals surface area contributed by atoms with Crippen LogP contribution in [0.15, 0.2) is 24.5 Å². The van der Waals surface area contributed by atoms with Gasteiger partial charge in [0.05, 0.1) is 18.1 Å². The quantitative estimate of drug-likeness (QED) is 0.938. The van der Waals surface area contributed by atoms with E-state index in [-0.39, 0.29) is 11.9 Å². The van der Waals surface area contributed by atoms with Crippen molar-refractivity contribution in [3.8, 4) is 0 Å². The minimum absolute atomic E-state index is 0.00114. The first kappa shape index (κ1) is 15.3. The topological polar surface area (TPSA) is 46.9 Å². The van der Waals surface area contributed by atoms with Gasteiger partial charge in [0.25, 0.3) is 0 Å². The van der Waals surface area contributed by atoms with E-state index in [2.05, 4.69) is 42.3 Å². The molecule has 1 atom stereocenters. The van der Waals surface area contributed by atoms with Gasteiger partial charge < -0.3 is 9.88 Å². The Morgan fingerprint density at radius 1 is 1.24 bits per heavy atom. The lowest BCUT2D eigenvalue weighted by Crippen LogP contribution is -2.30. The molecule has 0 radical (unpaired) electrons. The third kappa shape index (κ3) is 3.51. The van der Waals surface area contributed by atoms with Crippen molar-refractivity contribution in [2.75, 3.05) is 0 Å². The van der Waals surface area contributed by atoms with E-state index in [4.69, 9.17) is 0 Å². The third-order valence-electron chi connectivity index (χ3n) is 4.07. The van der Waals surface area contributed by atoms with Gasteiger partial charge in [-0.25, -0.2) is 4.98 Å². The molecule has 1 unspecified atom stereocenters. The Kier molecular flexibility index (Phi) is 4.46. The highest BCUT2D eigenvalue weighted by molar-refractivity contribution is 5.76. The molecule has 0 fully saturated rings. The van der Waals surface area contributed by atoms with E-state index in [0.29, 0.717) is 6.54 Å². The molecule has 4 heteroatoms. The number of hydrogen-bond donors (Lipinski definition) is 1. The Morgan fingerprint density at radius 3 is 2.52 bits per heavy atom. The van der Waals surface area contributed by atoms with Gasteiger partial charge in [0.2, 0.25) is 5.91 Å². The number of nitrogens with zero attached hydrogens (tertiary/aromatic N) is 2. The first-order chi connectivity index (χ1) is 9.88. The van der Waals surface area contributed by atoms with Crippen molar-refractivity contribution < 1.29 is 4.79 Å². The lowest BCUT2D eigenvalue weighted by molar-refractivity contribution is -0.122. The van der Waals surface area contributed by atoms with Crippen LogP contribution >= 0.6 is 0 Å². The molecule has 0 aliphatic carbocycles. The second-order valence-electron chi connectivity index (χ2n) is 5.68. The van der Waals surface area contributed by atoms with Crippen LogP contribution in [0.25, 0.3) is 0 Å². The van der Waals surface area contributed by atoms with E-state index in [9.17, 15) is 4.79 Å². The van der Waals surface area contributed by atoms with Gasteiger partial charge in [-0.2, -0.15) is 0 Å². The van der Waals surface area contributed by atoms with E-state index >= 15 is 0 Å². The maximum absolute atomic E-state index is 12.1. The summed E-state index contributed by atoms with van der Waals surface area (Å²) in [4.78, 5) is 16.4. The number of hydrogen-bond acceptors (Lipinski definition) is 2. The summed E-state index contributed by atoms with van der Waals surface area (Å²) in [6.45, 7) is 10.4. The SMILES string of the molecule is Cc1ccc(C(C)NC(=O)Cn2cnc(C)c2C)cc1C. The molecule has 0 aliphatic rings. The molecule has 2 aromatic rings. The Hall–Kier alpha value is -2.10. The lowest BCUT2D eigenvalue weighted by atomic mass is 10.0. The van der Waals surface area contributed by atoms with Crippen molar-refractivity contribution in [1.82, 2.24) is 14.9 Å². The molecule has 4 nitrogen and oxygen atoms in total. The molecule has 112 valence electrons. The monoisotopic (exact) mass is 285 g/mol. The molecule has 1 N–H and O–H groups in total. The van der Waals surface area contributed by atoms with Gasteiger partial charge in [0.1, 0.15) is 6.54 Å². The Balaban J connectivity index is 2.01. The summed E-state index contributed by atoms with van der Waals surface area (Å²) in [7, 11) is 0. The normalized spacial score (nSPS) is 12.2. The van der Waals surface area contributed by atoms with Crippen LogP contribution in [0.4, 0.5) is 0 Å². The predicted octanol–water partition coefficient (Wildman–Crippen LogP) is 2.99. The average molecular weight is 285 g/mol. The zero-order chi connectivity index (χ0) is 15.6. The molecule has 0 spiro atoms. The van der Waals surface area contributed by atoms with Crippen molar-refractivity contribution in [1.29, 1.82) is 0 Å². The molecular formula is C17H23N3O. The number of rotatable bonds is 4. The summed E-state index contributed by atoms with van der Waals surface area (Å²) >= 11 is 0. The zero-order valence-corrected chi connectivity index (χ0v) is 13.4. The van der Waals surface area contributed by atoms with Gasteiger partial charge in [0.15, 0.2) is 0 Å². The van der Waals surface area contributed by atoms with E-state index in [1.807, 2.05) is 25.3 Å². The maximum atomic E-state index is 12.1. The smallest absolute Gasteiger partial charge is 0.240 e. The molecule has 1 aromatic carbocycles. The Morgan fingerprint density at radius 2 is 1.95 bits per heavy atom. The molecule has 0 saturated heterocycles. The number of carbonyl (C=O) groups is 1. The molecule has 21 heavy (non-hydrogen) atoms. The molecule has 0 bridgehead atoms. The van der Waals surface area contributed by atoms with Gasteiger partial charge in [-0.05, 0) is 51.3 Å². The number of benzene rings is 1. The number of aryl methyl sites for hydroxylation is 3. The van der Waals surface area contributed by atoms with E-state index in [1.54, 1.807) is 6.33 Å². The fourth-order valence-corrected chi connectivity index (χ4v) is 2.26. The molecule has 0 saturated carbocycles. The van der Waals surface area contributed by atoms with Gasteiger partial charge >= 0.3 is 0 Å². The van der Waals surface area contributed by atoms with Crippen LogP contribution < -0.4 is 5.32 Å². The first-order valence-electron chi connectivity index (χ1n) is 7.23. The summed E-state index contributed by atoms with van der Waals surface area (Å²) in [5, 5.41) is 3.04. The number of imidazole rings is 1. The molecule has 2 rings (SSSR count). The van der Waals surface area contributed by atoms with E-state index < -0.39 is 0 Å². The molecule has 1 heterocycles. The van der Waals surface area contributed by atoms with Gasteiger partial charge in [-0.3, -0.25) is 4.79 Å². The fraction of sp³-hybridized carbons (Fsp3) is 0.412. The second-order valence-corrected chi connectivity index (χ2v) is 5.68. The minimum atomic E-state index is 0.00114. The molecule has 1 aromatic heterocycles. The zero-order valence-electron chi connectivity index (χ0n) is 13.4. The summed E-state index contributed by atoms with van der Waals surface area (Å²) in [5.74, 6) is 0.00114.